The van der Waals surface area contributed by atoms with E-state index in [2.05, 4.69) is 73.6 Å². The molecule has 0 unspecified atom stereocenters. The molecule has 0 bridgehead atoms. The Hall–Kier alpha value is -3.66. The molecule has 2 aliphatic rings. The third kappa shape index (κ3) is 10.5. The number of hydrogen-bond donors (Lipinski definition) is 2. The van der Waals surface area contributed by atoms with Gasteiger partial charge < -0.3 is 11.1 Å². The van der Waals surface area contributed by atoms with Crippen LogP contribution >= 0.6 is 35.0 Å². The monoisotopic (exact) mass is 769 g/mol. The number of nitrogens with one attached hydrogen (secondary N) is 1. The minimum absolute atomic E-state index is 0.525. The fourth-order valence-corrected chi connectivity index (χ4v) is 8.19. The van der Waals surface area contributed by atoms with E-state index in [1.165, 1.54) is 16.7 Å². The molecule has 0 radical (unpaired) electrons. The average Bonchev–Trinajstić information content (AvgIpc) is 3.12. The lowest BCUT2D eigenvalue weighted by molar-refractivity contribution is 0.224. The van der Waals surface area contributed by atoms with Gasteiger partial charge in [-0.2, -0.15) is 0 Å². The van der Waals surface area contributed by atoms with E-state index in [1.807, 2.05) is 41.8 Å². The van der Waals surface area contributed by atoms with Crippen LogP contribution in [0.1, 0.15) is 63.3 Å². The lowest BCUT2D eigenvalue weighted by atomic mass is 9.91. The second kappa shape index (κ2) is 19.1. The molecule has 10 heteroatoms. The quantitative estimate of drug-likeness (QED) is 0.159. The predicted octanol–water partition coefficient (Wildman–Crippen LogP) is 10.9. The van der Waals surface area contributed by atoms with Crippen molar-refractivity contribution in [3.8, 4) is 22.4 Å². The summed E-state index contributed by atoms with van der Waals surface area (Å²) in [4.78, 5) is 19.6. The Morgan fingerprint density at radius 1 is 1.04 bits per heavy atom. The van der Waals surface area contributed by atoms with Gasteiger partial charge in [-0.3, -0.25) is 14.8 Å². The maximum atomic E-state index is 7.24. The first-order chi connectivity index (χ1) is 25.5. The van der Waals surface area contributed by atoms with Crippen molar-refractivity contribution in [1.82, 2.24) is 14.8 Å². The maximum absolute atomic E-state index is 7.24. The molecule has 2 aromatic carbocycles. The van der Waals surface area contributed by atoms with Crippen molar-refractivity contribution >= 4 is 51.5 Å². The van der Waals surface area contributed by atoms with Crippen molar-refractivity contribution < 1.29 is 0 Å². The summed E-state index contributed by atoms with van der Waals surface area (Å²) in [5.74, 6) is 1.15. The van der Waals surface area contributed by atoms with Crippen molar-refractivity contribution in [1.29, 1.82) is 0 Å². The number of nitrogens with zero attached hydrogens (tertiary/aromatic N) is 5. The fourth-order valence-electron chi connectivity index (χ4n) is 6.90. The van der Waals surface area contributed by atoms with E-state index in [9.17, 15) is 0 Å². The molecule has 1 aromatic heterocycles. The van der Waals surface area contributed by atoms with Crippen LogP contribution in [0.3, 0.4) is 0 Å². The van der Waals surface area contributed by atoms with Crippen molar-refractivity contribution in [2.75, 3.05) is 38.0 Å². The maximum Gasteiger partial charge on any atom is 0.155 e. The van der Waals surface area contributed by atoms with Crippen LogP contribution in [0, 0.1) is 12.8 Å². The van der Waals surface area contributed by atoms with Crippen molar-refractivity contribution in [3.05, 3.63) is 118 Å². The van der Waals surface area contributed by atoms with Crippen LogP contribution in [0.4, 0.5) is 5.69 Å². The largest absolute Gasteiger partial charge is 0.402 e. The fraction of sp³-hybridized carbons (Fsp3) is 0.372. The Bertz CT molecular complexity index is 1920. The van der Waals surface area contributed by atoms with Gasteiger partial charge in [0, 0.05) is 53.9 Å². The van der Waals surface area contributed by atoms with Gasteiger partial charge in [-0.25, -0.2) is 9.98 Å². The van der Waals surface area contributed by atoms with E-state index in [-0.39, 0.29) is 0 Å². The van der Waals surface area contributed by atoms with E-state index in [0.29, 0.717) is 38.9 Å². The average molecular weight is 771 g/mol. The van der Waals surface area contributed by atoms with Crippen LogP contribution in [-0.4, -0.2) is 58.4 Å². The minimum Gasteiger partial charge on any atom is -0.402 e. The second-order valence-electron chi connectivity index (χ2n) is 14.0. The zero-order chi connectivity index (χ0) is 38.1. The third-order valence-corrected chi connectivity index (χ3v) is 11.5. The first kappa shape index (κ1) is 40.5. The number of halogens is 2. The Morgan fingerprint density at radius 3 is 2.42 bits per heavy atom. The molecule has 3 heterocycles. The Morgan fingerprint density at radius 2 is 1.74 bits per heavy atom. The van der Waals surface area contributed by atoms with Gasteiger partial charge in [0.25, 0.3) is 0 Å². The number of amidine groups is 1. The molecular weight excluding hydrogens is 717 g/mol. The normalized spacial score (nSPS) is 18.1. The number of aromatic nitrogens is 1. The predicted molar refractivity (Wildman–Crippen MR) is 231 cm³/mol. The molecule has 0 amide bonds. The number of nitrogens with two attached hydrogens (primary N) is 1. The van der Waals surface area contributed by atoms with Crippen LogP contribution in [-0.2, 0) is 13.0 Å². The number of hydrogen-bond acceptors (Lipinski definition) is 8. The number of piperidine rings is 1. The summed E-state index contributed by atoms with van der Waals surface area (Å²) in [6.07, 6.45) is 6.70. The smallest absolute Gasteiger partial charge is 0.155 e. The van der Waals surface area contributed by atoms with Crippen LogP contribution < -0.4 is 11.1 Å². The number of aliphatic imine (C=N–C) groups is 2. The third-order valence-electron chi connectivity index (χ3n) is 9.90. The summed E-state index contributed by atoms with van der Waals surface area (Å²) in [5, 5.41) is 7.47. The minimum atomic E-state index is 0.525. The number of benzene rings is 2. The molecule has 0 atom stereocenters. The van der Waals surface area contributed by atoms with Gasteiger partial charge in [0.15, 0.2) is 5.84 Å². The Kier molecular flexibility index (Phi) is 14.6. The highest BCUT2D eigenvalue weighted by Crippen LogP contribution is 2.41. The summed E-state index contributed by atoms with van der Waals surface area (Å²) in [6.45, 7) is 26.5. The molecule has 1 saturated heterocycles. The van der Waals surface area contributed by atoms with Crippen LogP contribution in [0.5, 0.6) is 0 Å². The van der Waals surface area contributed by atoms with E-state index in [4.69, 9.17) is 38.9 Å². The van der Waals surface area contributed by atoms with Crippen LogP contribution in [0.15, 0.2) is 101 Å². The van der Waals surface area contributed by atoms with Crippen molar-refractivity contribution in [3.63, 3.8) is 0 Å². The number of rotatable bonds is 14. The summed E-state index contributed by atoms with van der Waals surface area (Å²) in [5.41, 5.74) is 16.0. The summed E-state index contributed by atoms with van der Waals surface area (Å²) in [6, 6.07) is 14.0. The van der Waals surface area contributed by atoms with Gasteiger partial charge in [0.1, 0.15) is 0 Å². The topological polar surface area (TPSA) is 82.1 Å². The number of aryl methyl sites for hydroxylation is 2. The van der Waals surface area contributed by atoms with E-state index in [1.54, 1.807) is 18.0 Å². The molecular formula is C43H53Cl2N7S. The van der Waals surface area contributed by atoms with E-state index < -0.39 is 0 Å². The van der Waals surface area contributed by atoms with Crippen molar-refractivity contribution in [2.45, 2.75) is 66.3 Å². The molecule has 5 rings (SSSR count). The zero-order valence-electron chi connectivity index (χ0n) is 31.7. The highest BCUT2D eigenvalue weighted by Gasteiger charge is 2.22. The number of thioether (sulfide) groups is 1. The Labute approximate surface area is 330 Å². The van der Waals surface area contributed by atoms with Crippen molar-refractivity contribution in [2.24, 2.45) is 21.6 Å². The molecule has 280 valence electrons. The lowest BCUT2D eigenvalue weighted by Gasteiger charge is -2.32. The molecule has 0 saturated carbocycles. The highest BCUT2D eigenvalue weighted by molar-refractivity contribution is 8.16. The van der Waals surface area contributed by atoms with Gasteiger partial charge in [0.2, 0.25) is 0 Å². The lowest BCUT2D eigenvalue weighted by Crippen LogP contribution is -2.37. The summed E-state index contributed by atoms with van der Waals surface area (Å²) < 4.78 is 0. The Balaban J connectivity index is 1.37. The highest BCUT2D eigenvalue weighted by atomic mass is 35.5. The zero-order valence-corrected chi connectivity index (χ0v) is 34.0. The van der Waals surface area contributed by atoms with Gasteiger partial charge in [0.05, 0.1) is 32.2 Å². The van der Waals surface area contributed by atoms with Crippen LogP contribution in [0.25, 0.3) is 22.4 Å². The molecule has 0 aliphatic carbocycles. The molecule has 3 N–H and O–H groups in total. The summed E-state index contributed by atoms with van der Waals surface area (Å²) in [7, 11) is 0. The number of anilines is 1. The number of likely N-dealkylation sites (tertiary alicyclic amines) is 1. The van der Waals surface area contributed by atoms with Gasteiger partial charge >= 0.3 is 0 Å². The molecule has 53 heavy (non-hydrogen) atoms. The molecule has 3 aromatic rings. The van der Waals surface area contributed by atoms with E-state index >= 15 is 0 Å². The number of pyridine rings is 1. The SMILES string of the molecule is C=C(N)CCN(CCC)Cc1c(C)cc(-c2cccc(-c3cccc(N/C4=N/C=C\S/C(CN5CCC(C(=C)C)CC5)=N\C4=C)c3Cl)c2Cl)nc1CC. The first-order valence-electron chi connectivity index (χ1n) is 18.5. The molecule has 0 spiro atoms. The summed E-state index contributed by atoms with van der Waals surface area (Å²) >= 11 is 16.0. The van der Waals surface area contributed by atoms with E-state index in [0.717, 1.165) is 104 Å². The van der Waals surface area contributed by atoms with Gasteiger partial charge in [-0.1, -0.05) is 104 Å². The van der Waals surface area contributed by atoms with Crippen LogP contribution in [0.2, 0.25) is 10.0 Å². The molecule has 1 fully saturated rings. The molecule has 2 aliphatic heterocycles. The second-order valence-corrected chi connectivity index (χ2v) is 15.7. The van der Waals surface area contributed by atoms with Gasteiger partial charge in [-0.05, 0) is 100 Å². The molecule has 7 nitrogen and oxygen atoms in total. The van der Waals surface area contributed by atoms with Gasteiger partial charge in [-0.15, -0.1) is 0 Å². The number of allylic oxidation sites excluding steroid dienone is 1. The standard InChI is InChI=1S/C43H53Cl2N7S/c1-8-20-51(21-16-30(6)46)26-36-29(5)25-39(49-37(36)9-2)35-14-10-12-33(41(35)44)34-13-11-15-38(42(34)45)50-43-31(7)48-40(53-24-19-47-43)27-52-22-17-32(18-23-52)28(3)4/h10-15,19,24-25,32H,3,6-9,16-18,20-23,26-27,46H2,1-2,4-5H3,(H,47,50)/b24-19-,48-40-. The first-order valence-corrected chi connectivity index (χ1v) is 20.2.